The van der Waals surface area contributed by atoms with E-state index in [2.05, 4.69) is 355 Å². The van der Waals surface area contributed by atoms with Gasteiger partial charge in [0, 0.05) is 53.2 Å². The third kappa shape index (κ3) is 19.0. The molecule has 0 radical (unpaired) electrons. The monoisotopic (exact) mass is 1780 g/mol. The number of hydrogen-bond acceptors (Lipinski definition) is 9. The summed E-state index contributed by atoms with van der Waals surface area (Å²) in [6.07, 6.45) is 0. The van der Waals surface area contributed by atoms with Crippen LogP contribution in [0.1, 0.15) is 377 Å². The first kappa shape index (κ1) is 111. The lowest BCUT2D eigenvalue weighted by atomic mass is 9.38. The van der Waals surface area contributed by atoms with E-state index in [1.807, 2.05) is 97.1 Å². The molecular weight excluding hydrogens is 1580 g/mol. The second kappa shape index (κ2) is 37.0. The highest BCUT2D eigenvalue weighted by molar-refractivity contribution is 7.31. The Morgan fingerprint density at radius 2 is 0.544 bits per heavy atom. The molecular formula is C113H191N6O3PS2. The van der Waals surface area contributed by atoms with E-state index in [4.69, 9.17) is 13.3 Å². The fourth-order valence-electron chi connectivity index (χ4n) is 29.9. The number of allylic oxidation sites excluding steroid dienone is 6. The predicted octanol–water partition coefficient (Wildman–Crippen LogP) is 35.0. The molecule has 12 heteroatoms. The lowest BCUT2D eigenvalue weighted by molar-refractivity contribution is -0.171. The van der Waals surface area contributed by atoms with Gasteiger partial charge in [-0.05, 0) is 353 Å². The average molecular weight is 1780 g/mol. The molecule has 0 N–H and O–H groups in total. The summed E-state index contributed by atoms with van der Waals surface area (Å²) in [5.41, 5.74) is 31.4. The molecule has 6 atom stereocenters. The summed E-state index contributed by atoms with van der Waals surface area (Å²) >= 11 is 3.52. The van der Waals surface area contributed by atoms with Crippen molar-refractivity contribution < 1.29 is 13.3 Å². The number of fused-ring (bicyclic) bond motifs is 8. The fraction of sp³-hybridized carbons (Fsp3) is 0.743. The second-order valence-electron chi connectivity index (χ2n) is 49.0. The second-order valence-corrected chi connectivity index (χ2v) is 53.4. The Morgan fingerprint density at radius 1 is 0.264 bits per heavy atom. The maximum Gasteiger partial charge on any atom is 0.191 e. The van der Waals surface area contributed by atoms with E-state index < -0.39 is 0 Å². The number of rotatable bonds is 0. The Balaban J connectivity index is 0.000000247. The summed E-state index contributed by atoms with van der Waals surface area (Å²) in [4.78, 5) is 19.4. The Bertz CT molecular complexity index is 4420. The van der Waals surface area contributed by atoms with Gasteiger partial charge in [-0.25, -0.2) is 19.9 Å². The minimum Gasteiger partial charge on any atom is -0.466 e. The van der Waals surface area contributed by atoms with Crippen molar-refractivity contribution in [2.24, 2.45) is 143 Å². The SMILES string of the molecule is CC1(C)C2C(C)(C)C(C)(C)C1C(C)(C)C2(C)C.CC1=C(C)C2C(C)(C)C1C(C)(C)C(C)(C)C2(C)C.CC1=C(C)C2C(C)(C)C1C(C)(C)C2(C)C.CC1=C(C)C2C(C)(C)C1C(C)(C)C2(C)C.Cc1c(C)c(C)n(C)c1C.Cc1nc(C)c(C)o1.Cc1nc(C)c(C)s1.Cc1nc(C)c(C)s1.Cc1nc(C)n(C)c1C.Cc1oc(C)c(C)c1C.Cc1oc(C)c(C)p1. The predicted molar refractivity (Wildman–Crippen MR) is 548 cm³/mol. The summed E-state index contributed by atoms with van der Waals surface area (Å²) in [6.45, 7) is 136. The summed E-state index contributed by atoms with van der Waals surface area (Å²) in [7, 11) is 5.40. The van der Waals surface area contributed by atoms with E-state index in [-0.39, 0.29) is 0 Å². The Hall–Kier alpha value is -4.83. The molecule has 0 aromatic carbocycles. The molecule has 8 aliphatic rings. The van der Waals surface area contributed by atoms with Crippen molar-refractivity contribution in [3.05, 3.63) is 161 Å². The van der Waals surface area contributed by atoms with Crippen LogP contribution in [0.3, 0.4) is 0 Å². The first-order valence-electron chi connectivity index (χ1n) is 47.5. The smallest absolute Gasteiger partial charge is 0.191 e. The van der Waals surface area contributed by atoms with Crippen molar-refractivity contribution >= 4 is 30.9 Å². The molecule has 6 unspecified atom stereocenters. The average Bonchev–Trinajstić information content (AvgIpc) is 1.46. The van der Waals surface area contributed by atoms with E-state index >= 15 is 0 Å². The van der Waals surface area contributed by atoms with Crippen LogP contribution in [0.25, 0.3) is 0 Å². The summed E-state index contributed by atoms with van der Waals surface area (Å²) < 4.78 is 20.0. The van der Waals surface area contributed by atoms with Crippen LogP contribution in [-0.2, 0) is 14.1 Å². The van der Waals surface area contributed by atoms with Gasteiger partial charge in [0.25, 0.3) is 0 Å². The maximum absolute atomic E-state index is 5.34. The minimum atomic E-state index is 0.346. The number of thiazole rings is 2. The number of furan rings is 1. The van der Waals surface area contributed by atoms with Crippen LogP contribution in [0.4, 0.5) is 0 Å². The number of aromatic nitrogens is 6. The summed E-state index contributed by atoms with van der Waals surface area (Å²) in [5, 5.41) is 3.67. The molecule has 5 fully saturated rings. The Labute approximate surface area is 779 Å². The molecule has 0 saturated heterocycles. The number of nitrogens with zero attached hydrogens (tertiary/aromatic N) is 6. The highest BCUT2D eigenvalue weighted by Gasteiger charge is 2.79. The van der Waals surface area contributed by atoms with Gasteiger partial charge in [0.2, 0.25) is 0 Å². The molecule has 8 bridgehead atoms. The number of imidazole rings is 1. The van der Waals surface area contributed by atoms with Crippen LogP contribution in [0, 0.1) is 288 Å². The maximum atomic E-state index is 5.34. The van der Waals surface area contributed by atoms with Gasteiger partial charge in [-0.1, -0.05) is 241 Å². The van der Waals surface area contributed by atoms with Gasteiger partial charge in [-0.3, -0.25) is 0 Å². The molecule has 7 aromatic heterocycles. The van der Waals surface area contributed by atoms with Crippen molar-refractivity contribution in [2.45, 2.75) is 409 Å². The quantitative estimate of drug-likeness (QED) is 0.139. The third-order valence-corrected chi connectivity index (χ3v) is 41.5. The zero-order valence-electron chi connectivity index (χ0n) is 92.8. The van der Waals surface area contributed by atoms with Gasteiger partial charge in [0.1, 0.15) is 34.4 Å². The molecule has 15 rings (SSSR count). The first-order valence-corrected chi connectivity index (χ1v) is 50.0. The van der Waals surface area contributed by atoms with Gasteiger partial charge in [-0.15, -0.1) is 22.7 Å². The van der Waals surface area contributed by atoms with E-state index in [9.17, 15) is 0 Å². The van der Waals surface area contributed by atoms with Crippen molar-refractivity contribution in [3.63, 3.8) is 0 Å². The summed E-state index contributed by atoms with van der Waals surface area (Å²) in [5.74, 6) is 12.0. The third-order valence-electron chi connectivity index (χ3n) is 38.5. The molecule has 7 aromatic rings. The molecule has 8 aliphatic carbocycles. The fourth-order valence-corrected chi connectivity index (χ4v) is 32.4. The zero-order valence-corrected chi connectivity index (χ0v) is 95.3. The Morgan fingerprint density at radius 3 is 0.656 bits per heavy atom. The van der Waals surface area contributed by atoms with Crippen LogP contribution < -0.4 is 0 Å². The number of oxazole rings is 1. The van der Waals surface area contributed by atoms with Crippen molar-refractivity contribution in [2.75, 3.05) is 0 Å². The van der Waals surface area contributed by atoms with Crippen LogP contribution in [0.15, 0.2) is 46.7 Å². The van der Waals surface area contributed by atoms with Gasteiger partial charge < -0.3 is 22.4 Å². The molecule has 125 heavy (non-hydrogen) atoms. The lowest BCUT2D eigenvalue weighted by Gasteiger charge is -2.66. The molecule has 0 spiro atoms. The van der Waals surface area contributed by atoms with E-state index in [1.54, 1.807) is 56.1 Å². The van der Waals surface area contributed by atoms with E-state index in [0.29, 0.717) is 81.2 Å². The Kier molecular flexibility index (Phi) is 32.7. The van der Waals surface area contributed by atoms with E-state index in [0.717, 1.165) is 99.0 Å². The first-order chi connectivity index (χ1) is 55.8. The largest absolute Gasteiger partial charge is 0.466 e. The van der Waals surface area contributed by atoms with Crippen molar-refractivity contribution in [1.82, 2.24) is 29.1 Å². The van der Waals surface area contributed by atoms with Crippen LogP contribution in [-0.4, -0.2) is 29.1 Å². The van der Waals surface area contributed by atoms with Gasteiger partial charge in [-0.2, -0.15) is 0 Å². The van der Waals surface area contributed by atoms with Gasteiger partial charge in [0.15, 0.2) is 5.89 Å². The van der Waals surface area contributed by atoms with Gasteiger partial charge >= 0.3 is 0 Å². The highest BCUT2D eigenvalue weighted by Crippen LogP contribution is 2.84. The molecule has 708 valence electrons. The highest BCUT2D eigenvalue weighted by atomic mass is 32.1. The van der Waals surface area contributed by atoms with Crippen molar-refractivity contribution in [1.29, 1.82) is 0 Å². The normalized spacial score (nSPS) is 25.9. The standard InChI is InChI=1S/C18H32.C17H32.2C15H26.C9H15N.C8H12O.C7H12N2.C6H9NO.2C6H9NS.C6H9OP/c1-11-12(2)14-15(3,4)13(11)16(5,6)18(9,10)17(14,7)8;1-13(2)11-14(3,4)15(5,6)12(13)17(9,10)16(11,7)8;2*1-9-10(2)12-13(3,4)11(9)14(5,6)15(12,7)8;1-6-7(2)9(4)10(5)8(6)3;1-5-6(2)8(4)9-7(5)3;1-5-6(2)9(4)7(3)8-5;4*1-4-5(2)8-6(3)7-4/h13-14H,1-10H3;11-12H,1-10H3;2*11-12H,1-8H3;1-5H3;2*1-4H3;4*1-3H3. The molecule has 0 amide bonds. The van der Waals surface area contributed by atoms with E-state index in [1.165, 1.54) is 84.0 Å². The van der Waals surface area contributed by atoms with Crippen molar-refractivity contribution in [3.8, 4) is 0 Å². The number of hydrogen-bond donors (Lipinski definition) is 0. The van der Waals surface area contributed by atoms with Crippen LogP contribution in [0.5, 0.6) is 0 Å². The number of aryl methyl sites for hydroxylation is 16. The topological polar surface area (TPSA) is 101 Å². The summed E-state index contributed by atoms with van der Waals surface area (Å²) in [6, 6.07) is 0. The molecule has 7 heterocycles. The minimum absolute atomic E-state index is 0.346. The van der Waals surface area contributed by atoms with Gasteiger partial charge in [0.05, 0.1) is 32.8 Å². The zero-order chi connectivity index (χ0) is 98.1. The molecule has 0 aliphatic heterocycles. The van der Waals surface area contributed by atoms with Crippen LogP contribution >= 0.6 is 30.9 Å². The molecule has 5 saturated carbocycles. The molecule has 9 nitrogen and oxygen atoms in total. The lowest BCUT2D eigenvalue weighted by Crippen LogP contribution is -2.61. The van der Waals surface area contributed by atoms with Crippen LogP contribution in [0.2, 0.25) is 0 Å².